The lowest BCUT2D eigenvalue weighted by atomic mass is 10.1. The Labute approximate surface area is 123 Å². The number of oxime groups is 1. The number of aryl methyl sites for hydroxylation is 1. The zero-order valence-corrected chi connectivity index (χ0v) is 12.2. The van der Waals surface area contributed by atoms with Crippen LogP contribution in [0.2, 0.25) is 0 Å². The summed E-state index contributed by atoms with van der Waals surface area (Å²) < 4.78 is 0. The van der Waals surface area contributed by atoms with E-state index in [4.69, 9.17) is 10.9 Å². The zero-order valence-electron chi connectivity index (χ0n) is 11.4. The second-order valence-electron chi connectivity index (χ2n) is 4.56. The van der Waals surface area contributed by atoms with Gasteiger partial charge in [-0.3, -0.25) is 0 Å². The van der Waals surface area contributed by atoms with Crippen LogP contribution >= 0.6 is 11.8 Å². The molecule has 0 saturated heterocycles. The molecule has 0 unspecified atom stereocenters. The lowest BCUT2D eigenvalue weighted by Crippen LogP contribution is -2.15. The summed E-state index contributed by atoms with van der Waals surface area (Å²) in [6, 6.07) is 16.1. The molecule has 0 amide bonds. The molecule has 0 saturated carbocycles. The van der Waals surface area contributed by atoms with E-state index in [-0.39, 0.29) is 5.84 Å². The maximum atomic E-state index is 8.81. The Kier molecular flexibility index (Phi) is 5.07. The Morgan fingerprint density at radius 1 is 1.05 bits per heavy atom. The average Bonchev–Trinajstić information content (AvgIpc) is 2.49. The Balaban J connectivity index is 2.03. The van der Waals surface area contributed by atoms with Crippen LogP contribution in [0.25, 0.3) is 0 Å². The molecule has 2 rings (SSSR count). The Morgan fingerprint density at radius 3 is 2.35 bits per heavy atom. The summed E-state index contributed by atoms with van der Waals surface area (Å²) in [7, 11) is 0. The van der Waals surface area contributed by atoms with Crippen LogP contribution in [0, 0.1) is 6.92 Å². The summed E-state index contributed by atoms with van der Waals surface area (Å²) in [6.45, 7) is 2.13. The van der Waals surface area contributed by atoms with E-state index in [2.05, 4.69) is 36.3 Å². The highest BCUT2D eigenvalue weighted by Crippen LogP contribution is 2.22. The molecule has 104 valence electrons. The highest BCUT2D eigenvalue weighted by atomic mass is 32.2. The molecule has 0 aromatic heterocycles. The molecule has 0 bridgehead atoms. The van der Waals surface area contributed by atoms with E-state index in [1.165, 1.54) is 11.1 Å². The van der Waals surface area contributed by atoms with Gasteiger partial charge in [0.15, 0.2) is 5.84 Å². The molecule has 0 spiro atoms. The van der Waals surface area contributed by atoms with Crippen molar-refractivity contribution < 1.29 is 5.21 Å². The molecular formula is C16H18N2OS. The lowest BCUT2D eigenvalue weighted by Gasteiger charge is -2.09. The quantitative estimate of drug-likeness (QED) is 0.382. The van der Waals surface area contributed by atoms with Crippen molar-refractivity contribution in [1.82, 2.24) is 0 Å². The molecule has 3 nitrogen and oxygen atoms in total. The van der Waals surface area contributed by atoms with E-state index in [0.29, 0.717) is 0 Å². The fourth-order valence-electron chi connectivity index (χ4n) is 1.99. The maximum absolute atomic E-state index is 8.81. The standard InChI is InChI=1S/C16H18N2OS/c1-12-6-2-3-7-13(12)10-20-11-14-8-4-5-9-15(14)16(17)18-19/h2-9,19H,10-11H2,1H3,(H2,17,18). The SMILES string of the molecule is Cc1ccccc1CSCc1ccccc1C(N)=NO. The van der Waals surface area contributed by atoms with Gasteiger partial charge in [0, 0.05) is 17.1 Å². The number of hydrogen-bond acceptors (Lipinski definition) is 3. The fraction of sp³-hybridized carbons (Fsp3) is 0.188. The predicted octanol–water partition coefficient (Wildman–Crippen LogP) is 3.52. The van der Waals surface area contributed by atoms with Gasteiger partial charge in [-0.2, -0.15) is 11.8 Å². The number of rotatable bonds is 5. The second kappa shape index (κ2) is 7.01. The molecular weight excluding hydrogens is 268 g/mol. The minimum atomic E-state index is 0.164. The summed E-state index contributed by atoms with van der Waals surface area (Å²) in [5, 5.41) is 11.9. The predicted molar refractivity (Wildman–Crippen MR) is 85.1 cm³/mol. The Bertz CT molecular complexity index is 611. The first kappa shape index (κ1) is 14.5. The first-order valence-corrected chi connectivity index (χ1v) is 7.56. The molecule has 0 radical (unpaired) electrons. The van der Waals surface area contributed by atoms with E-state index < -0.39 is 0 Å². The first-order chi connectivity index (χ1) is 9.72. The van der Waals surface area contributed by atoms with Crippen molar-refractivity contribution in [2.45, 2.75) is 18.4 Å². The second-order valence-corrected chi connectivity index (χ2v) is 5.55. The van der Waals surface area contributed by atoms with Crippen molar-refractivity contribution in [2.24, 2.45) is 10.9 Å². The van der Waals surface area contributed by atoms with Gasteiger partial charge in [-0.05, 0) is 23.6 Å². The van der Waals surface area contributed by atoms with E-state index in [9.17, 15) is 0 Å². The van der Waals surface area contributed by atoms with E-state index >= 15 is 0 Å². The zero-order chi connectivity index (χ0) is 14.4. The first-order valence-electron chi connectivity index (χ1n) is 6.40. The molecule has 0 aliphatic carbocycles. The van der Waals surface area contributed by atoms with Crippen LogP contribution in [0.15, 0.2) is 53.7 Å². The average molecular weight is 286 g/mol. The molecule has 2 aromatic carbocycles. The summed E-state index contributed by atoms with van der Waals surface area (Å²) in [6.07, 6.45) is 0. The van der Waals surface area contributed by atoms with Gasteiger partial charge in [0.1, 0.15) is 0 Å². The maximum Gasteiger partial charge on any atom is 0.170 e. The summed E-state index contributed by atoms with van der Waals surface area (Å²) >= 11 is 1.82. The minimum absolute atomic E-state index is 0.164. The van der Waals surface area contributed by atoms with Crippen LogP contribution in [0.3, 0.4) is 0 Å². The number of nitrogens with two attached hydrogens (primary N) is 1. The highest BCUT2D eigenvalue weighted by molar-refractivity contribution is 7.97. The number of hydrogen-bond donors (Lipinski definition) is 2. The molecule has 0 atom stereocenters. The summed E-state index contributed by atoms with van der Waals surface area (Å²) in [4.78, 5) is 0. The third-order valence-corrected chi connectivity index (χ3v) is 4.21. The van der Waals surface area contributed by atoms with Crippen molar-refractivity contribution >= 4 is 17.6 Å². The van der Waals surface area contributed by atoms with Gasteiger partial charge in [-0.15, -0.1) is 0 Å². The number of amidine groups is 1. The van der Waals surface area contributed by atoms with E-state index in [1.54, 1.807) is 0 Å². The van der Waals surface area contributed by atoms with Crippen molar-refractivity contribution in [3.05, 3.63) is 70.8 Å². The Morgan fingerprint density at radius 2 is 1.65 bits per heavy atom. The van der Waals surface area contributed by atoms with Gasteiger partial charge in [0.25, 0.3) is 0 Å². The van der Waals surface area contributed by atoms with Crippen molar-refractivity contribution in [2.75, 3.05) is 0 Å². The molecule has 0 fully saturated rings. The number of thioether (sulfide) groups is 1. The fourth-order valence-corrected chi connectivity index (χ4v) is 3.11. The van der Waals surface area contributed by atoms with Gasteiger partial charge in [0.2, 0.25) is 0 Å². The van der Waals surface area contributed by atoms with Crippen LogP contribution in [0.4, 0.5) is 0 Å². The summed E-state index contributed by atoms with van der Waals surface area (Å²) in [5.41, 5.74) is 10.2. The molecule has 2 aromatic rings. The lowest BCUT2D eigenvalue weighted by molar-refractivity contribution is 0.318. The topological polar surface area (TPSA) is 58.6 Å². The van der Waals surface area contributed by atoms with Gasteiger partial charge in [-0.1, -0.05) is 53.7 Å². The molecule has 0 aliphatic rings. The molecule has 0 aliphatic heterocycles. The normalized spacial score (nSPS) is 11.6. The number of nitrogens with zero attached hydrogens (tertiary/aromatic N) is 1. The van der Waals surface area contributed by atoms with Gasteiger partial charge in [-0.25, -0.2) is 0 Å². The minimum Gasteiger partial charge on any atom is -0.409 e. The molecule has 0 heterocycles. The molecule has 20 heavy (non-hydrogen) atoms. The van der Waals surface area contributed by atoms with E-state index in [0.717, 1.165) is 22.6 Å². The third-order valence-electron chi connectivity index (χ3n) is 3.18. The number of benzene rings is 2. The molecule has 4 heteroatoms. The van der Waals surface area contributed by atoms with Crippen molar-refractivity contribution in [3.63, 3.8) is 0 Å². The highest BCUT2D eigenvalue weighted by Gasteiger charge is 2.06. The molecule has 3 N–H and O–H groups in total. The van der Waals surface area contributed by atoms with Gasteiger partial charge >= 0.3 is 0 Å². The van der Waals surface area contributed by atoms with Crippen molar-refractivity contribution in [1.29, 1.82) is 0 Å². The van der Waals surface area contributed by atoms with Crippen LogP contribution in [0.5, 0.6) is 0 Å². The van der Waals surface area contributed by atoms with Crippen LogP contribution in [-0.4, -0.2) is 11.0 Å². The van der Waals surface area contributed by atoms with Crippen LogP contribution in [0.1, 0.15) is 22.3 Å². The van der Waals surface area contributed by atoms with Gasteiger partial charge < -0.3 is 10.9 Å². The van der Waals surface area contributed by atoms with Gasteiger partial charge in [0.05, 0.1) is 0 Å². The third kappa shape index (κ3) is 3.54. The Hall–Kier alpha value is -1.94. The van der Waals surface area contributed by atoms with E-state index in [1.807, 2.05) is 36.0 Å². The van der Waals surface area contributed by atoms with Crippen LogP contribution < -0.4 is 5.73 Å². The van der Waals surface area contributed by atoms with Crippen molar-refractivity contribution in [3.8, 4) is 0 Å². The monoisotopic (exact) mass is 286 g/mol. The van der Waals surface area contributed by atoms with Crippen LogP contribution in [-0.2, 0) is 11.5 Å². The largest absolute Gasteiger partial charge is 0.409 e. The smallest absolute Gasteiger partial charge is 0.170 e. The summed E-state index contributed by atoms with van der Waals surface area (Å²) in [5.74, 6) is 1.95.